The first kappa shape index (κ1) is 9.27. The number of alkyl carbamates (subject to hydrolysis) is 1. The largest absolute Gasteiger partial charge is 0.449 e. The van der Waals surface area contributed by atoms with Crippen molar-refractivity contribution in [1.29, 1.82) is 0 Å². The molecule has 0 aromatic carbocycles. The molecule has 0 aromatic heterocycles. The number of carbonyl (C=O) groups is 1. The van der Waals surface area contributed by atoms with Crippen LogP contribution in [0, 0.1) is 0 Å². The molecule has 0 unspecified atom stereocenters. The lowest BCUT2D eigenvalue weighted by atomic mass is 10.4. The van der Waals surface area contributed by atoms with Gasteiger partial charge in [-0.3, -0.25) is 0 Å². The summed E-state index contributed by atoms with van der Waals surface area (Å²) in [5.41, 5.74) is 0. The maximum Gasteiger partial charge on any atom is 0.407 e. The Hall–Kier alpha value is -0.730. The van der Waals surface area contributed by atoms with Crippen molar-refractivity contribution in [2.24, 2.45) is 0 Å². The minimum Gasteiger partial charge on any atom is -0.449 e. The van der Waals surface area contributed by atoms with Gasteiger partial charge in [-0.2, -0.15) is 0 Å². The smallest absolute Gasteiger partial charge is 0.407 e. The Morgan fingerprint density at radius 1 is 1.60 bits per heavy atom. The summed E-state index contributed by atoms with van der Waals surface area (Å²) in [5.74, 6) is 0. The lowest BCUT2D eigenvalue weighted by Gasteiger charge is -2.10. The summed E-state index contributed by atoms with van der Waals surface area (Å²) in [7, 11) is 0. The van der Waals surface area contributed by atoms with Crippen LogP contribution in [0.15, 0.2) is 0 Å². The molecule has 0 spiro atoms. The molecule has 1 amide bonds. The summed E-state index contributed by atoms with van der Waals surface area (Å²) in [5, 5.41) is 2.52. The highest BCUT2D eigenvalue weighted by Crippen LogP contribution is 1.88. The summed E-state index contributed by atoms with van der Waals surface area (Å²) < 4.78 is 4.53. The van der Waals surface area contributed by atoms with Gasteiger partial charge < -0.3 is 10.1 Å². The molecule has 1 aliphatic heterocycles. The van der Waals surface area contributed by atoms with Crippen LogP contribution in [0.2, 0.25) is 0 Å². The molecule has 0 atom stereocenters. The Kier molecular flexibility index (Phi) is 5.92. The van der Waals surface area contributed by atoms with E-state index in [0.29, 0.717) is 6.61 Å². The molecule has 3 nitrogen and oxygen atoms in total. The van der Waals surface area contributed by atoms with Gasteiger partial charge in [0, 0.05) is 6.54 Å². The summed E-state index contributed by atoms with van der Waals surface area (Å²) in [4.78, 5) is 10.1. The standard InChI is InChI=1S/C4H7NO2.C3H8/c6-4-5-2-1-3-7-4;1-3-2/h1-3H2,(H,5,6);3H2,1-2H3. The molecule has 1 saturated heterocycles. The second-order valence-corrected chi connectivity index (χ2v) is 2.12. The van der Waals surface area contributed by atoms with Gasteiger partial charge >= 0.3 is 6.09 Å². The highest BCUT2D eigenvalue weighted by Gasteiger charge is 2.04. The van der Waals surface area contributed by atoms with Gasteiger partial charge in [0.05, 0.1) is 6.61 Å². The zero-order valence-electron chi connectivity index (χ0n) is 6.64. The van der Waals surface area contributed by atoms with E-state index in [9.17, 15) is 4.79 Å². The number of cyclic esters (lactones) is 1. The molecule has 0 aromatic rings. The molecule has 0 radical (unpaired) electrons. The molecule has 1 aliphatic rings. The molecular formula is C7H15NO2. The Morgan fingerprint density at radius 2 is 2.20 bits per heavy atom. The minimum atomic E-state index is -0.286. The van der Waals surface area contributed by atoms with Gasteiger partial charge in [0.25, 0.3) is 0 Å². The SMILES string of the molecule is CCC.O=C1NCCCO1. The van der Waals surface area contributed by atoms with Gasteiger partial charge in [-0.1, -0.05) is 20.3 Å². The molecule has 0 bridgehead atoms. The van der Waals surface area contributed by atoms with Crippen LogP contribution in [0.4, 0.5) is 4.79 Å². The third-order valence-corrected chi connectivity index (χ3v) is 0.824. The fraction of sp³-hybridized carbons (Fsp3) is 0.857. The molecule has 0 saturated carbocycles. The van der Waals surface area contributed by atoms with E-state index >= 15 is 0 Å². The van der Waals surface area contributed by atoms with Crippen molar-refractivity contribution in [2.45, 2.75) is 26.7 Å². The highest BCUT2D eigenvalue weighted by molar-refractivity contribution is 5.67. The number of ether oxygens (including phenoxy) is 1. The summed E-state index contributed by atoms with van der Waals surface area (Å²) in [6.45, 7) is 5.59. The van der Waals surface area contributed by atoms with Crippen molar-refractivity contribution in [3.8, 4) is 0 Å². The quantitative estimate of drug-likeness (QED) is 0.561. The number of hydrogen-bond donors (Lipinski definition) is 1. The molecule has 10 heavy (non-hydrogen) atoms. The molecule has 1 rings (SSSR count). The van der Waals surface area contributed by atoms with E-state index in [0.717, 1.165) is 13.0 Å². The first-order chi connectivity index (χ1) is 4.81. The van der Waals surface area contributed by atoms with Gasteiger partial charge in [-0.15, -0.1) is 0 Å². The second kappa shape index (κ2) is 6.39. The minimum absolute atomic E-state index is 0.286. The van der Waals surface area contributed by atoms with Crippen LogP contribution < -0.4 is 5.32 Å². The predicted molar refractivity (Wildman–Crippen MR) is 39.9 cm³/mol. The van der Waals surface area contributed by atoms with E-state index in [1.54, 1.807) is 0 Å². The number of rotatable bonds is 0. The van der Waals surface area contributed by atoms with E-state index < -0.39 is 0 Å². The summed E-state index contributed by atoms with van der Waals surface area (Å²) >= 11 is 0. The van der Waals surface area contributed by atoms with Crippen LogP contribution in [-0.2, 0) is 4.74 Å². The van der Waals surface area contributed by atoms with Gasteiger partial charge in [-0.25, -0.2) is 4.79 Å². The molecule has 1 heterocycles. The first-order valence-corrected chi connectivity index (χ1v) is 3.71. The van der Waals surface area contributed by atoms with Gasteiger partial charge in [0.1, 0.15) is 0 Å². The number of carbonyl (C=O) groups excluding carboxylic acids is 1. The van der Waals surface area contributed by atoms with Crippen molar-refractivity contribution in [2.75, 3.05) is 13.2 Å². The van der Waals surface area contributed by atoms with Crippen LogP contribution in [0.5, 0.6) is 0 Å². The molecule has 60 valence electrons. The Bertz CT molecular complexity index is 85.6. The van der Waals surface area contributed by atoms with Crippen molar-refractivity contribution >= 4 is 6.09 Å². The summed E-state index contributed by atoms with van der Waals surface area (Å²) in [6, 6.07) is 0. The van der Waals surface area contributed by atoms with E-state index in [-0.39, 0.29) is 6.09 Å². The van der Waals surface area contributed by atoms with Crippen molar-refractivity contribution in [1.82, 2.24) is 5.32 Å². The van der Waals surface area contributed by atoms with E-state index in [4.69, 9.17) is 0 Å². The highest BCUT2D eigenvalue weighted by atomic mass is 16.5. The maximum absolute atomic E-state index is 10.1. The molecule has 0 aliphatic carbocycles. The molecular weight excluding hydrogens is 130 g/mol. The van der Waals surface area contributed by atoms with E-state index in [1.807, 2.05) is 0 Å². The lowest BCUT2D eigenvalue weighted by Crippen LogP contribution is -2.31. The Balaban J connectivity index is 0.000000236. The van der Waals surface area contributed by atoms with Crippen LogP contribution in [0.1, 0.15) is 26.7 Å². The average Bonchev–Trinajstić information content (AvgIpc) is 1.91. The molecule has 1 fully saturated rings. The van der Waals surface area contributed by atoms with Gasteiger partial charge in [0.15, 0.2) is 0 Å². The first-order valence-electron chi connectivity index (χ1n) is 3.71. The second-order valence-electron chi connectivity index (χ2n) is 2.12. The number of amides is 1. The zero-order chi connectivity index (χ0) is 7.82. The van der Waals surface area contributed by atoms with Gasteiger partial charge in [-0.05, 0) is 6.42 Å². The number of nitrogens with one attached hydrogen (secondary N) is 1. The number of hydrogen-bond acceptors (Lipinski definition) is 2. The average molecular weight is 145 g/mol. The third-order valence-electron chi connectivity index (χ3n) is 0.824. The van der Waals surface area contributed by atoms with Crippen LogP contribution in [-0.4, -0.2) is 19.2 Å². The van der Waals surface area contributed by atoms with E-state index in [1.165, 1.54) is 6.42 Å². The van der Waals surface area contributed by atoms with Crippen LogP contribution in [0.25, 0.3) is 0 Å². The fourth-order valence-corrected chi connectivity index (χ4v) is 0.479. The third kappa shape index (κ3) is 5.41. The Labute approximate surface area is 61.8 Å². The molecule has 1 N–H and O–H groups in total. The zero-order valence-corrected chi connectivity index (χ0v) is 6.64. The topological polar surface area (TPSA) is 38.3 Å². The maximum atomic E-state index is 10.1. The van der Waals surface area contributed by atoms with Crippen molar-refractivity contribution < 1.29 is 9.53 Å². The van der Waals surface area contributed by atoms with Crippen LogP contribution >= 0.6 is 0 Å². The monoisotopic (exact) mass is 145 g/mol. The lowest BCUT2D eigenvalue weighted by molar-refractivity contribution is 0.129. The van der Waals surface area contributed by atoms with Crippen molar-refractivity contribution in [3.63, 3.8) is 0 Å². The summed E-state index contributed by atoms with van der Waals surface area (Å²) in [6.07, 6.45) is 1.90. The van der Waals surface area contributed by atoms with Crippen LogP contribution in [0.3, 0.4) is 0 Å². The fourth-order valence-electron chi connectivity index (χ4n) is 0.479. The molecule has 3 heteroatoms. The normalized spacial score (nSPS) is 16.0. The van der Waals surface area contributed by atoms with Crippen molar-refractivity contribution in [3.05, 3.63) is 0 Å². The Morgan fingerprint density at radius 3 is 2.40 bits per heavy atom. The predicted octanol–water partition coefficient (Wildman–Crippen LogP) is 1.53. The van der Waals surface area contributed by atoms with E-state index in [2.05, 4.69) is 23.9 Å². The van der Waals surface area contributed by atoms with Gasteiger partial charge in [0.2, 0.25) is 0 Å².